The number of furan rings is 1. The third-order valence-electron chi connectivity index (χ3n) is 3.08. The van der Waals surface area contributed by atoms with Crippen LogP contribution >= 0.6 is 0 Å². The number of sulfonamides is 1. The molecule has 2 aromatic heterocycles. The van der Waals surface area contributed by atoms with Crippen molar-refractivity contribution >= 4 is 10.0 Å². The van der Waals surface area contributed by atoms with E-state index in [0.717, 1.165) is 12.1 Å². The Morgan fingerprint density at radius 2 is 2.04 bits per heavy atom. The molecule has 0 aliphatic rings. The molecule has 0 radical (unpaired) electrons. The number of methoxy groups -OCH3 is 1. The Bertz CT molecular complexity index is 777. The van der Waals surface area contributed by atoms with Crippen molar-refractivity contribution in [1.29, 1.82) is 0 Å². The molecule has 2 aromatic rings. The molecule has 0 aromatic carbocycles. The van der Waals surface area contributed by atoms with Crippen molar-refractivity contribution in [3.63, 3.8) is 0 Å². The average molecular weight is 346 g/mol. The summed E-state index contributed by atoms with van der Waals surface area (Å²) in [7, 11) is -2.88. The summed E-state index contributed by atoms with van der Waals surface area (Å²) in [5.74, 6) is -1.51. The minimum atomic E-state index is -4.27. The second-order valence-corrected chi connectivity index (χ2v) is 6.39. The fourth-order valence-corrected chi connectivity index (χ4v) is 3.16. The fourth-order valence-electron chi connectivity index (χ4n) is 1.96. The Labute approximate surface area is 132 Å². The van der Waals surface area contributed by atoms with E-state index in [0.29, 0.717) is 17.9 Å². The van der Waals surface area contributed by atoms with Gasteiger partial charge in [0.25, 0.3) is 0 Å². The van der Waals surface area contributed by atoms with Crippen LogP contribution in [0.1, 0.15) is 24.5 Å². The number of aromatic nitrogens is 1. The smallest absolute Gasteiger partial charge is 0.245 e. The maximum absolute atomic E-state index is 13.6. The molecule has 0 saturated carbocycles. The average Bonchev–Trinajstić information content (AvgIpc) is 2.95. The summed E-state index contributed by atoms with van der Waals surface area (Å²) in [6.45, 7) is 1.86. The van der Waals surface area contributed by atoms with E-state index in [1.807, 2.05) is 6.92 Å². The Balaban J connectivity index is 2.30. The van der Waals surface area contributed by atoms with Crippen LogP contribution in [0.15, 0.2) is 33.6 Å². The van der Waals surface area contributed by atoms with Gasteiger partial charge in [-0.1, -0.05) is 6.92 Å². The van der Waals surface area contributed by atoms with E-state index in [1.165, 1.54) is 7.11 Å². The van der Waals surface area contributed by atoms with Crippen molar-refractivity contribution in [3.05, 3.63) is 47.7 Å². The highest BCUT2D eigenvalue weighted by Crippen LogP contribution is 2.21. The van der Waals surface area contributed by atoms with Crippen LogP contribution in [0.5, 0.6) is 0 Å². The number of pyridine rings is 1. The Kier molecular flexibility index (Phi) is 5.45. The molecule has 126 valence electrons. The Morgan fingerprint density at radius 1 is 1.30 bits per heavy atom. The molecule has 2 rings (SSSR count). The molecule has 0 saturated heterocycles. The highest BCUT2D eigenvalue weighted by Gasteiger charge is 2.27. The van der Waals surface area contributed by atoms with Gasteiger partial charge in [-0.05, 0) is 24.3 Å². The van der Waals surface area contributed by atoms with E-state index in [-0.39, 0.29) is 6.61 Å². The number of hydrogen-bond donors (Lipinski definition) is 1. The van der Waals surface area contributed by atoms with Crippen LogP contribution < -0.4 is 4.72 Å². The van der Waals surface area contributed by atoms with E-state index >= 15 is 0 Å². The molecule has 0 bridgehead atoms. The van der Waals surface area contributed by atoms with Crippen LogP contribution in [-0.4, -0.2) is 27.1 Å². The van der Waals surface area contributed by atoms with Crippen LogP contribution in [0.25, 0.3) is 0 Å². The molecule has 6 nitrogen and oxygen atoms in total. The van der Waals surface area contributed by atoms with Gasteiger partial charge in [0.1, 0.15) is 22.5 Å². The zero-order valence-electron chi connectivity index (χ0n) is 12.5. The van der Waals surface area contributed by atoms with Crippen molar-refractivity contribution in [2.24, 2.45) is 0 Å². The lowest BCUT2D eigenvalue weighted by molar-refractivity contribution is 0.165. The first-order valence-electron chi connectivity index (χ1n) is 6.79. The standard InChI is InChI=1S/C14H16F2N2O4S/c1-3-9-4-5-11(22-9)10(8-21-2)18-23(19,20)12-6-7-13(15)17-14(12)16/h4-7,10,18H,3,8H2,1-2H3. The van der Waals surface area contributed by atoms with Gasteiger partial charge in [-0.3, -0.25) is 0 Å². The number of ether oxygens (including phenoxy) is 1. The Hall–Kier alpha value is -1.84. The van der Waals surface area contributed by atoms with Crippen LogP contribution in [0, 0.1) is 11.9 Å². The summed E-state index contributed by atoms with van der Waals surface area (Å²) in [6, 6.07) is 4.06. The second kappa shape index (κ2) is 7.16. The lowest BCUT2D eigenvalue weighted by Gasteiger charge is -2.16. The van der Waals surface area contributed by atoms with E-state index in [9.17, 15) is 17.2 Å². The molecule has 0 aliphatic carbocycles. The van der Waals surface area contributed by atoms with E-state index in [4.69, 9.17) is 9.15 Å². The minimum absolute atomic E-state index is 0.0217. The van der Waals surface area contributed by atoms with Gasteiger partial charge in [-0.2, -0.15) is 18.5 Å². The monoisotopic (exact) mass is 346 g/mol. The highest BCUT2D eigenvalue weighted by atomic mass is 32.2. The molecule has 1 atom stereocenters. The molecule has 0 aliphatic heterocycles. The molecule has 1 unspecified atom stereocenters. The van der Waals surface area contributed by atoms with Crippen molar-refractivity contribution in [3.8, 4) is 0 Å². The second-order valence-electron chi connectivity index (χ2n) is 4.71. The molecule has 1 N–H and O–H groups in total. The third-order valence-corrected chi connectivity index (χ3v) is 4.55. The molecule has 23 heavy (non-hydrogen) atoms. The quantitative estimate of drug-likeness (QED) is 0.777. The fraction of sp³-hybridized carbons (Fsp3) is 0.357. The number of hydrogen-bond acceptors (Lipinski definition) is 5. The number of aryl methyl sites for hydroxylation is 1. The van der Waals surface area contributed by atoms with E-state index < -0.39 is 32.9 Å². The molecular formula is C14H16F2N2O4S. The van der Waals surface area contributed by atoms with Crippen LogP contribution in [0.3, 0.4) is 0 Å². The zero-order valence-corrected chi connectivity index (χ0v) is 13.4. The molecular weight excluding hydrogens is 330 g/mol. The van der Waals surface area contributed by atoms with Crippen LogP contribution in [0.4, 0.5) is 8.78 Å². The van der Waals surface area contributed by atoms with Gasteiger partial charge in [-0.15, -0.1) is 0 Å². The van der Waals surface area contributed by atoms with Crippen molar-refractivity contribution < 1.29 is 26.4 Å². The first-order valence-corrected chi connectivity index (χ1v) is 8.27. The normalized spacial score (nSPS) is 13.2. The number of nitrogens with one attached hydrogen (secondary N) is 1. The summed E-state index contributed by atoms with van der Waals surface area (Å²) in [5.41, 5.74) is 0. The topological polar surface area (TPSA) is 81.4 Å². The predicted molar refractivity (Wildman–Crippen MR) is 77.2 cm³/mol. The summed E-state index contributed by atoms with van der Waals surface area (Å²) < 4.78 is 63.8. The van der Waals surface area contributed by atoms with Gasteiger partial charge >= 0.3 is 0 Å². The van der Waals surface area contributed by atoms with Gasteiger partial charge in [0.15, 0.2) is 0 Å². The molecule has 0 amide bonds. The van der Waals surface area contributed by atoms with Gasteiger partial charge in [-0.25, -0.2) is 8.42 Å². The molecule has 0 fully saturated rings. The first-order chi connectivity index (χ1) is 10.9. The number of halogens is 2. The van der Waals surface area contributed by atoms with E-state index in [2.05, 4.69) is 9.71 Å². The molecule has 2 heterocycles. The number of rotatable bonds is 7. The summed E-state index contributed by atoms with van der Waals surface area (Å²) >= 11 is 0. The SMILES string of the molecule is CCc1ccc(C(COC)NS(=O)(=O)c2ccc(F)nc2F)o1. The minimum Gasteiger partial charge on any atom is -0.464 e. The summed E-state index contributed by atoms with van der Waals surface area (Å²) in [4.78, 5) is 2.13. The first kappa shape index (κ1) is 17.5. The zero-order chi connectivity index (χ0) is 17.0. The maximum atomic E-state index is 13.6. The third kappa shape index (κ3) is 4.12. The number of nitrogens with zero attached hydrogens (tertiary/aromatic N) is 1. The van der Waals surface area contributed by atoms with Crippen LogP contribution in [-0.2, 0) is 21.2 Å². The van der Waals surface area contributed by atoms with Gasteiger partial charge in [0, 0.05) is 13.5 Å². The van der Waals surface area contributed by atoms with Crippen molar-refractivity contribution in [2.75, 3.05) is 13.7 Å². The lowest BCUT2D eigenvalue weighted by atomic mass is 10.2. The highest BCUT2D eigenvalue weighted by molar-refractivity contribution is 7.89. The van der Waals surface area contributed by atoms with Crippen molar-refractivity contribution in [2.45, 2.75) is 24.3 Å². The molecule has 9 heteroatoms. The maximum Gasteiger partial charge on any atom is 0.245 e. The van der Waals surface area contributed by atoms with Gasteiger partial charge < -0.3 is 9.15 Å². The van der Waals surface area contributed by atoms with Crippen molar-refractivity contribution in [1.82, 2.24) is 9.71 Å². The lowest BCUT2D eigenvalue weighted by Crippen LogP contribution is -2.32. The van der Waals surface area contributed by atoms with Gasteiger partial charge in [0.2, 0.25) is 21.9 Å². The van der Waals surface area contributed by atoms with Gasteiger partial charge in [0.05, 0.1) is 6.61 Å². The largest absolute Gasteiger partial charge is 0.464 e. The Morgan fingerprint density at radius 3 is 2.61 bits per heavy atom. The summed E-state index contributed by atoms with van der Waals surface area (Å²) in [6.07, 6.45) is 0.642. The van der Waals surface area contributed by atoms with Crippen LogP contribution in [0.2, 0.25) is 0 Å². The molecule has 0 spiro atoms. The predicted octanol–water partition coefficient (Wildman–Crippen LogP) is 2.18. The van der Waals surface area contributed by atoms with E-state index in [1.54, 1.807) is 12.1 Å². The summed E-state index contributed by atoms with van der Waals surface area (Å²) in [5, 5.41) is 0.